The van der Waals surface area contributed by atoms with E-state index in [9.17, 15) is 4.79 Å². The Morgan fingerprint density at radius 2 is 2.12 bits per heavy atom. The highest BCUT2D eigenvalue weighted by Gasteiger charge is 2.34. The van der Waals surface area contributed by atoms with Gasteiger partial charge in [0.15, 0.2) is 0 Å². The van der Waals surface area contributed by atoms with Gasteiger partial charge >= 0.3 is 0 Å². The average Bonchev–Trinajstić information content (AvgIpc) is 3.14. The van der Waals surface area contributed by atoms with Crippen LogP contribution in [0, 0.1) is 5.92 Å². The normalized spacial score (nSPS) is 19.7. The number of halogens is 2. The van der Waals surface area contributed by atoms with E-state index in [0.717, 1.165) is 51.3 Å². The van der Waals surface area contributed by atoms with Crippen molar-refractivity contribution in [3.8, 4) is 0 Å². The molecule has 1 fully saturated rings. The Hall–Kier alpha value is -0.820. The van der Waals surface area contributed by atoms with Crippen LogP contribution < -0.4 is 10.6 Å². The van der Waals surface area contributed by atoms with Crippen molar-refractivity contribution >= 4 is 30.7 Å². The van der Waals surface area contributed by atoms with Crippen LogP contribution in [-0.4, -0.2) is 59.9 Å². The molecule has 0 bridgehead atoms. The number of aromatic nitrogens is 2. The summed E-state index contributed by atoms with van der Waals surface area (Å²) >= 11 is 0. The minimum atomic E-state index is 0. The van der Waals surface area contributed by atoms with E-state index in [2.05, 4.69) is 34.5 Å². The van der Waals surface area contributed by atoms with Crippen molar-refractivity contribution in [1.82, 2.24) is 25.3 Å². The molecule has 6 nitrogen and oxygen atoms in total. The van der Waals surface area contributed by atoms with Crippen molar-refractivity contribution in [3.63, 3.8) is 0 Å². The van der Waals surface area contributed by atoms with E-state index in [1.54, 1.807) is 4.68 Å². The molecule has 0 unspecified atom stereocenters. The van der Waals surface area contributed by atoms with E-state index < -0.39 is 0 Å². The first-order chi connectivity index (χ1) is 10.7. The molecule has 1 aliphatic heterocycles. The molecule has 0 spiro atoms. The third kappa shape index (κ3) is 6.24. The highest BCUT2D eigenvalue weighted by atomic mass is 35.5. The van der Waals surface area contributed by atoms with Crippen LogP contribution in [0.25, 0.3) is 0 Å². The molecular formula is C16H31Cl2N5O. The van der Waals surface area contributed by atoms with Gasteiger partial charge in [-0.05, 0) is 25.1 Å². The van der Waals surface area contributed by atoms with E-state index in [-0.39, 0.29) is 42.6 Å². The van der Waals surface area contributed by atoms with Crippen molar-refractivity contribution in [2.24, 2.45) is 13.0 Å². The Bertz CT molecular complexity index is 483. The monoisotopic (exact) mass is 379 g/mol. The molecule has 0 radical (unpaired) electrons. The van der Waals surface area contributed by atoms with Crippen molar-refractivity contribution in [2.75, 3.05) is 39.3 Å². The van der Waals surface area contributed by atoms with Gasteiger partial charge in [0, 0.05) is 45.3 Å². The largest absolute Gasteiger partial charge is 0.355 e. The van der Waals surface area contributed by atoms with Gasteiger partial charge in [0.1, 0.15) is 0 Å². The lowest BCUT2D eigenvalue weighted by Crippen LogP contribution is -2.39. The molecule has 0 aliphatic carbocycles. The second-order valence-electron chi connectivity index (χ2n) is 6.04. The van der Waals surface area contributed by atoms with Crippen LogP contribution in [-0.2, 0) is 11.8 Å². The van der Waals surface area contributed by atoms with Crippen LogP contribution in [0.2, 0.25) is 0 Å². The summed E-state index contributed by atoms with van der Waals surface area (Å²) < 4.78 is 1.80. The van der Waals surface area contributed by atoms with E-state index in [1.165, 1.54) is 0 Å². The SMILES string of the molecule is CCCN(CC)CCNC(=O)[C@H]1CNC[C@@H]1c1cnn(C)c1.Cl.Cl. The lowest BCUT2D eigenvalue weighted by molar-refractivity contribution is -0.124. The Morgan fingerprint density at radius 3 is 2.71 bits per heavy atom. The number of carbonyl (C=O) groups is 1. The zero-order valence-corrected chi connectivity index (χ0v) is 16.5. The molecule has 2 rings (SSSR count). The van der Waals surface area contributed by atoms with Gasteiger partial charge < -0.3 is 15.5 Å². The van der Waals surface area contributed by atoms with Gasteiger partial charge in [0.25, 0.3) is 0 Å². The number of likely N-dealkylation sites (N-methyl/N-ethyl adjacent to an activating group) is 1. The third-order valence-electron chi connectivity index (χ3n) is 4.42. The number of rotatable bonds is 8. The topological polar surface area (TPSA) is 62.2 Å². The van der Waals surface area contributed by atoms with Gasteiger partial charge in [-0.25, -0.2) is 0 Å². The summed E-state index contributed by atoms with van der Waals surface area (Å²) in [6, 6.07) is 0. The molecule has 0 saturated carbocycles. The average molecular weight is 380 g/mol. The molecule has 2 N–H and O–H groups in total. The second kappa shape index (κ2) is 11.7. The van der Waals surface area contributed by atoms with E-state index in [1.807, 2.05) is 19.4 Å². The van der Waals surface area contributed by atoms with Gasteiger partial charge in [0.05, 0.1) is 12.1 Å². The number of nitrogens with one attached hydrogen (secondary N) is 2. The van der Waals surface area contributed by atoms with Gasteiger partial charge in [-0.1, -0.05) is 13.8 Å². The molecule has 2 heterocycles. The fourth-order valence-electron chi connectivity index (χ4n) is 3.15. The maximum absolute atomic E-state index is 12.5. The number of carbonyl (C=O) groups excluding carboxylic acids is 1. The summed E-state index contributed by atoms with van der Waals surface area (Å²) in [6.07, 6.45) is 5.04. The molecule has 1 aliphatic rings. The van der Waals surface area contributed by atoms with Gasteiger partial charge in [0.2, 0.25) is 5.91 Å². The fourth-order valence-corrected chi connectivity index (χ4v) is 3.15. The summed E-state index contributed by atoms with van der Waals surface area (Å²) in [5.74, 6) is 0.392. The zero-order chi connectivity index (χ0) is 15.9. The molecule has 1 aromatic heterocycles. The van der Waals surface area contributed by atoms with Crippen molar-refractivity contribution in [2.45, 2.75) is 26.2 Å². The van der Waals surface area contributed by atoms with Crippen molar-refractivity contribution in [1.29, 1.82) is 0 Å². The first-order valence-electron chi connectivity index (χ1n) is 8.35. The third-order valence-corrected chi connectivity index (χ3v) is 4.42. The van der Waals surface area contributed by atoms with Gasteiger partial charge in [-0.3, -0.25) is 9.48 Å². The van der Waals surface area contributed by atoms with E-state index in [0.29, 0.717) is 0 Å². The van der Waals surface area contributed by atoms with Crippen LogP contribution in [0.4, 0.5) is 0 Å². The molecule has 1 aromatic rings. The number of nitrogens with zero attached hydrogens (tertiary/aromatic N) is 3. The number of amides is 1. The molecule has 0 aromatic carbocycles. The van der Waals surface area contributed by atoms with E-state index >= 15 is 0 Å². The second-order valence-corrected chi connectivity index (χ2v) is 6.04. The smallest absolute Gasteiger partial charge is 0.225 e. The van der Waals surface area contributed by atoms with Gasteiger partial charge in [-0.15, -0.1) is 24.8 Å². The molecule has 1 amide bonds. The Balaban J connectivity index is 0.00000264. The highest BCUT2D eigenvalue weighted by Crippen LogP contribution is 2.27. The highest BCUT2D eigenvalue weighted by molar-refractivity contribution is 5.85. The molecule has 1 saturated heterocycles. The maximum Gasteiger partial charge on any atom is 0.225 e. The van der Waals surface area contributed by atoms with E-state index in [4.69, 9.17) is 0 Å². The summed E-state index contributed by atoms with van der Waals surface area (Å²) in [5, 5.41) is 10.7. The van der Waals surface area contributed by atoms with Crippen molar-refractivity contribution < 1.29 is 4.79 Å². The Morgan fingerprint density at radius 1 is 1.38 bits per heavy atom. The van der Waals surface area contributed by atoms with Crippen LogP contribution in [0.1, 0.15) is 31.7 Å². The molecule has 2 atom stereocenters. The summed E-state index contributed by atoms with van der Waals surface area (Å²) in [7, 11) is 1.91. The molecular weight excluding hydrogens is 349 g/mol. The minimum Gasteiger partial charge on any atom is -0.355 e. The minimum absolute atomic E-state index is 0. The lowest BCUT2D eigenvalue weighted by Gasteiger charge is -2.21. The maximum atomic E-state index is 12.5. The van der Waals surface area contributed by atoms with Crippen LogP contribution in [0.3, 0.4) is 0 Å². The molecule has 8 heteroatoms. The van der Waals surface area contributed by atoms with Crippen LogP contribution in [0.5, 0.6) is 0 Å². The van der Waals surface area contributed by atoms with Crippen LogP contribution in [0.15, 0.2) is 12.4 Å². The lowest BCUT2D eigenvalue weighted by atomic mass is 9.90. The van der Waals surface area contributed by atoms with Crippen LogP contribution >= 0.6 is 24.8 Å². The predicted molar refractivity (Wildman–Crippen MR) is 102 cm³/mol. The molecule has 140 valence electrons. The number of hydrogen-bond donors (Lipinski definition) is 2. The standard InChI is InChI=1S/C16H29N5O.2ClH/c1-4-7-21(5-2)8-6-18-16(22)15-11-17-10-14(15)13-9-19-20(3)12-13;;/h9,12,14-15,17H,4-8,10-11H2,1-3H3,(H,18,22);2*1H/t14-,15+;;/m1../s1. The Labute approximate surface area is 157 Å². The molecule has 24 heavy (non-hydrogen) atoms. The summed E-state index contributed by atoms with van der Waals surface area (Å²) in [5.41, 5.74) is 1.15. The number of hydrogen-bond acceptors (Lipinski definition) is 4. The van der Waals surface area contributed by atoms with Gasteiger partial charge in [-0.2, -0.15) is 5.10 Å². The summed E-state index contributed by atoms with van der Waals surface area (Å²) in [4.78, 5) is 14.8. The predicted octanol–water partition coefficient (Wildman–Crippen LogP) is 1.41. The Kier molecular flexibility index (Phi) is 11.3. The fraction of sp³-hybridized carbons (Fsp3) is 0.750. The first-order valence-corrected chi connectivity index (χ1v) is 8.35. The quantitative estimate of drug-likeness (QED) is 0.716. The summed E-state index contributed by atoms with van der Waals surface area (Å²) in [6.45, 7) is 9.72. The zero-order valence-electron chi connectivity index (χ0n) is 14.8. The van der Waals surface area contributed by atoms with Crippen molar-refractivity contribution in [3.05, 3.63) is 18.0 Å². The first kappa shape index (κ1) is 23.2. The number of aryl methyl sites for hydroxylation is 1.